The molecule has 0 aliphatic rings. The number of carbonyl (C=O) groups excluding carboxylic acids is 1. The van der Waals surface area contributed by atoms with Gasteiger partial charge < -0.3 is 10.1 Å². The lowest BCUT2D eigenvalue weighted by Crippen LogP contribution is -2.41. The molecule has 1 heterocycles. The molecule has 0 unspecified atom stereocenters. The van der Waals surface area contributed by atoms with Crippen molar-refractivity contribution in [1.29, 1.82) is 0 Å². The second-order valence-corrected chi connectivity index (χ2v) is 10.1. The second-order valence-electron chi connectivity index (χ2n) is 8.24. The van der Waals surface area contributed by atoms with Crippen molar-refractivity contribution < 1.29 is 17.9 Å². The average Bonchev–Trinajstić information content (AvgIpc) is 2.87. The minimum atomic E-state index is -4.05. The van der Waals surface area contributed by atoms with Crippen molar-refractivity contribution in [3.05, 3.63) is 96.2 Å². The third-order valence-electron chi connectivity index (χ3n) is 5.77. The van der Waals surface area contributed by atoms with Crippen LogP contribution in [0.3, 0.4) is 0 Å². The third kappa shape index (κ3) is 5.27. The van der Waals surface area contributed by atoms with E-state index in [0.29, 0.717) is 17.0 Å². The minimum Gasteiger partial charge on any atom is -0.497 e. The summed E-state index contributed by atoms with van der Waals surface area (Å²) < 4.78 is 33.8. The highest BCUT2D eigenvalue weighted by molar-refractivity contribution is 7.92. The summed E-state index contributed by atoms with van der Waals surface area (Å²) in [5, 5.41) is 3.69. The summed E-state index contributed by atoms with van der Waals surface area (Å²) in [7, 11) is -2.46. The zero-order chi connectivity index (χ0) is 25.0. The van der Waals surface area contributed by atoms with E-state index in [2.05, 4.69) is 10.3 Å². The first-order valence-electron chi connectivity index (χ1n) is 11.2. The van der Waals surface area contributed by atoms with Crippen LogP contribution in [-0.4, -0.2) is 33.0 Å². The first kappa shape index (κ1) is 24.2. The Bertz CT molecular complexity index is 1430. The average molecular weight is 490 g/mol. The zero-order valence-electron chi connectivity index (χ0n) is 19.8. The predicted molar refractivity (Wildman–Crippen MR) is 137 cm³/mol. The van der Waals surface area contributed by atoms with Crippen LogP contribution in [0.5, 0.6) is 5.75 Å². The van der Waals surface area contributed by atoms with Gasteiger partial charge in [0.2, 0.25) is 5.91 Å². The number of sulfonamides is 1. The fourth-order valence-corrected chi connectivity index (χ4v) is 5.25. The number of nitrogens with one attached hydrogen (secondary N) is 1. The number of hydrogen-bond donors (Lipinski definition) is 1. The van der Waals surface area contributed by atoms with E-state index in [1.54, 1.807) is 55.8 Å². The number of carbonyl (C=O) groups is 1. The number of benzene rings is 3. The van der Waals surface area contributed by atoms with Crippen molar-refractivity contribution >= 4 is 32.5 Å². The molecule has 0 radical (unpaired) electrons. The number of methoxy groups -OCH3 is 1. The maximum Gasteiger partial charge on any atom is 0.264 e. The molecule has 0 spiro atoms. The normalized spacial score (nSPS) is 12.2. The van der Waals surface area contributed by atoms with Crippen LogP contribution < -0.4 is 14.4 Å². The molecular formula is C27H27N3O4S. The number of aryl methyl sites for hydroxylation is 1. The van der Waals surface area contributed by atoms with Crippen LogP contribution in [0.1, 0.15) is 24.1 Å². The van der Waals surface area contributed by atoms with Gasteiger partial charge in [0, 0.05) is 11.6 Å². The number of fused-ring (bicyclic) bond motifs is 1. The van der Waals surface area contributed by atoms with Gasteiger partial charge in [0.25, 0.3) is 10.0 Å². The number of hydrogen-bond acceptors (Lipinski definition) is 5. The molecule has 7 nitrogen and oxygen atoms in total. The Hall–Kier alpha value is -3.91. The number of aromatic nitrogens is 1. The number of nitrogens with zero attached hydrogens (tertiary/aromatic N) is 2. The molecule has 4 aromatic rings. The lowest BCUT2D eigenvalue weighted by molar-refractivity contribution is -0.120. The van der Waals surface area contributed by atoms with Crippen LogP contribution in [0.25, 0.3) is 10.9 Å². The van der Waals surface area contributed by atoms with E-state index in [-0.39, 0.29) is 10.9 Å². The lowest BCUT2D eigenvalue weighted by atomic mass is 10.1. The number of anilines is 1. The fraction of sp³-hybridized carbons (Fsp3) is 0.185. The van der Waals surface area contributed by atoms with Gasteiger partial charge in [-0.15, -0.1) is 0 Å². The summed E-state index contributed by atoms with van der Waals surface area (Å²) in [6, 6.07) is 22.5. The van der Waals surface area contributed by atoms with Crippen molar-refractivity contribution in [3.8, 4) is 5.75 Å². The number of ether oxygens (including phenoxy) is 1. The highest BCUT2D eigenvalue weighted by Crippen LogP contribution is 2.30. The molecule has 1 N–H and O–H groups in total. The van der Waals surface area contributed by atoms with Gasteiger partial charge in [-0.1, -0.05) is 48.0 Å². The highest BCUT2D eigenvalue weighted by atomic mass is 32.2. The van der Waals surface area contributed by atoms with E-state index >= 15 is 0 Å². The van der Waals surface area contributed by atoms with Crippen LogP contribution in [0, 0.1) is 6.92 Å². The van der Waals surface area contributed by atoms with Gasteiger partial charge in [-0.2, -0.15) is 0 Å². The molecule has 1 amide bonds. The first-order chi connectivity index (χ1) is 16.8. The topological polar surface area (TPSA) is 88.6 Å². The van der Waals surface area contributed by atoms with Crippen molar-refractivity contribution in [3.63, 3.8) is 0 Å². The Morgan fingerprint density at radius 3 is 2.37 bits per heavy atom. The molecule has 8 heteroatoms. The first-order valence-corrected chi connectivity index (χ1v) is 12.6. The van der Waals surface area contributed by atoms with Gasteiger partial charge in [-0.05, 0) is 55.8 Å². The molecular weight excluding hydrogens is 462 g/mol. The summed E-state index contributed by atoms with van der Waals surface area (Å²) >= 11 is 0. The third-order valence-corrected chi connectivity index (χ3v) is 7.54. The van der Waals surface area contributed by atoms with Crippen molar-refractivity contribution in [1.82, 2.24) is 10.3 Å². The molecule has 0 aliphatic heterocycles. The maximum atomic E-state index is 13.8. The van der Waals surface area contributed by atoms with Gasteiger partial charge in [0.05, 0.1) is 29.3 Å². The van der Waals surface area contributed by atoms with E-state index in [4.69, 9.17) is 4.74 Å². The zero-order valence-corrected chi connectivity index (χ0v) is 20.6. The molecule has 1 aromatic heterocycles. The largest absolute Gasteiger partial charge is 0.497 e. The Morgan fingerprint density at radius 1 is 1.00 bits per heavy atom. The van der Waals surface area contributed by atoms with Crippen LogP contribution in [0.4, 0.5) is 5.69 Å². The lowest BCUT2D eigenvalue weighted by Gasteiger charge is -2.26. The van der Waals surface area contributed by atoms with E-state index < -0.39 is 22.5 Å². The number of amides is 1. The van der Waals surface area contributed by atoms with Gasteiger partial charge in [-0.25, -0.2) is 8.42 Å². The molecule has 0 fully saturated rings. The SMILES string of the molecule is COc1ccc([C@H](C)NC(=O)CN(c2cccc3cccnc23)S(=O)(=O)c2ccc(C)cc2)cc1. The summed E-state index contributed by atoms with van der Waals surface area (Å²) in [5.41, 5.74) is 2.66. The van der Waals surface area contributed by atoms with Crippen LogP contribution in [0.15, 0.2) is 90.0 Å². The molecule has 0 saturated carbocycles. The highest BCUT2D eigenvalue weighted by Gasteiger charge is 2.29. The number of para-hydroxylation sites is 1. The minimum absolute atomic E-state index is 0.104. The molecule has 0 saturated heterocycles. The molecule has 4 rings (SSSR count). The van der Waals surface area contributed by atoms with Gasteiger partial charge >= 0.3 is 0 Å². The Kier molecular flexibility index (Phi) is 7.02. The molecule has 0 bridgehead atoms. The molecule has 180 valence electrons. The summed E-state index contributed by atoms with van der Waals surface area (Å²) in [6.07, 6.45) is 1.61. The Morgan fingerprint density at radius 2 is 1.69 bits per heavy atom. The van der Waals surface area contributed by atoms with Crippen LogP contribution in [0.2, 0.25) is 0 Å². The van der Waals surface area contributed by atoms with E-state index in [1.165, 1.54) is 0 Å². The number of rotatable bonds is 8. The van der Waals surface area contributed by atoms with Crippen molar-refractivity contribution in [2.75, 3.05) is 18.0 Å². The molecule has 35 heavy (non-hydrogen) atoms. The smallest absolute Gasteiger partial charge is 0.264 e. The van der Waals surface area contributed by atoms with Gasteiger partial charge in [0.1, 0.15) is 12.3 Å². The maximum absolute atomic E-state index is 13.8. The van der Waals surface area contributed by atoms with Crippen LogP contribution in [-0.2, 0) is 14.8 Å². The van der Waals surface area contributed by atoms with Gasteiger partial charge in [0.15, 0.2) is 0 Å². The summed E-state index contributed by atoms with van der Waals surface area (Å²) in [5.74, 6) is 0.281. The molecule has 0 aliphatic carbocycles. The van der Waals surface area contributed by atoms with E-state index in [1.807, 2.05) is 50.2 Å². The Labute approximate surface area is 205 Å². The van der Waals surface area contributed by atoms with Crippen molar-refractivity contribution in [2.45, 2.75) is 24.8 Å². The standard InChI is InChI=1S/C27H27N3O4S/c1-19-9-15-24(16-10-19)35(32,33)30(25-8-4-6-22-7-5-17-28-27(22)25)18-26(31)29-20(2)21-11-13-23(34-3)14-12-21/h4-17,20H,18H2,1-3H3,(H,29,31)/t20-/m0/s1. The predicted octanol–water partition coefficient (Wildman–Crippen LogP) is 4.62. The summed E-state index contributed by atoms with van der Waals surface area (Å²) in [4.78, 5) is 17.6. The molecule has 3 aromatic carbocycles. The Balaban J connectivity index is 1.69. The van der Waals surface area contributed by atoms with E-state index in [9.17, 15) is 13.2 Å². The van der Waals surface area contributed by atoms with Gasteiger partial charge in [-0.3, -0.25) is 14.1 Å². The summed E-state index contributed by atoms with van der Waals surface area (Å²) in [6.45, 7) is 3.33. The molecule has 1 atom stereocenters. The van der Waals surface area contributed by atoms with Crippen molar-refractivity contribution in [2.24, 2.45) is 0 Å². The monoisotopic (exact) mass is 489 g/mol. The fourth-order valence-electron chi connectivity index (χ4n) is 3.82. The van der Waals surface area contributed by atoms with E-state index in [0.717, 1.165) is 20.8 Å². The van der Waals surface area contributed by atoms with Crippen LogP contribution >= 0.6 is 0 Å². The number of pyridine rings is 1. The quantitative estimate of drug-likeness (QED) is 0.390. The second kappa shape index (κ2) is 10.1.